The van der Waals surface area contributed by atoms with E-state index in [4.69, 9.17) is 11.6 Å². The summed E-state index contributed by atoms with van der Waals surface area (Å²) < 4.78 is 66.2. The van der Waals surface area contributed by atoms with Crippen LogP contribution in [0.25, 0.3) is 0 Å². The number of sulfonamides is 1. The summed E-state index contributed by atoms with van der Waals surface area (Å²) in [5, 5.41) is -0.568. The third-order valence-corrected chi connectivity index (χ3v) is 8.71. The molecule has 1 aromatic rings. The van der Waals surface area contributed by atoms with Crippen LogP contribution in [0.5, 0.6) is 0 Å². The molecule has 2 atom stereocenters. The highest BCUT2D eigenvalue weighted by molar-refractivity contribution is 7.89. The number of alkyl halides is 3. The molecular formula is C20H23ClF3N3O4S. The predicted octanol–water partition coefficient (Wildman–Crippen LogP) is 2.80. The van der Waals surface area contributed by atoms with Gasteiger partial charge in [0.1, 0.15) is 0 Å². The van der Waals surface area contributed by atoms with Crippen molar-refractivity contribution >= 4 is 33.4 Å². The first-order valence-corrected chi connectivity index (χ1v) is 12.3. The number of hydrogen-bond donors (Lipinski definition) is 0. The van der Waals surface area contributed by atoms with Crippen LogP contribution < -0.4 is 0 Å². The monoisotopic (exact) mass is 493 g/mol. The lowest BCUT2D eigenvalue weighted by atomic mass is 9.81. The average Bonchev–Trinajstić information content (AvgIpc) is 2.98. The molecule has 0 bridgehead atoms. The fraction of sp³-hybridized carbons (Fsp3) is 0.600. The van der Waals surface area contributed by atoms with Crippen molar-refractivity contribution in [3.05, 3.63) is 28.8 Å². The summed E-state index contributed by atoms with van der Waals surface area (Å²) in [6, 6.07) is 2.54. The van der Waals surface area contributed by atoms with Crippen LogP contribution >= 0.6 is 11.6 Å². The van der Waals surface area contributed by atoms with Gasteiger partial charge in [-0.05, 0) is 31.0 Å². The number of nitrogens with zero attached hydrogens (tertiary/aromatic N) is 3. The first-order valence-electron chi connectivity index (χ1n) is 10.4. The van der Waals surface area contributed by atoms with E-state index in [1.54, 1.807) is 0 Å². The smallest absolute Gasteiger partial charge is 0.283 e. The van der Waals surface area contributed by atoms with E-state index >= 15 is 0 Å². The van der Waals surface area contributed by atoms with Gasteiger partial charge < -0.3 is 0 Å². The maximum Gasteiger partial charge on any atom is 0.417 e. The summed E-state index contributed by atoms with van der Waals surface area (Å²) in [7, 11) is -4.15. The Morgan fingerprint density at radius 1 is 0.969 bits per heavy atom. The molecule has 0 radical (unpaired) electrons. The summed E-state index contributed by atoms with van der Waals surface area (Å²) in [5.41, 5.74) is -1.20. The molecule has 176 valence electrons. The Bertz CT molecular complexity index is 1000. The van der Waals surface area contributed by atoms with E-state index in [0.29, 0.717) is 6.07 Å². The van der Waals surface area contributed by atoms with Crippen molar-refractivity contribution in [3.8, 4) is 0 Å². The number of carbonyl (C=O) groups excluding carboxylic acids is 2. The van der Waals surface area contributed by atoms with E-state index in [2.05, 4.69) is 0 Å². The van der Waals surface area contributed by atoms with Gasteiger partial charge in [0, 0.05) is 26.2 Å². The second-order valence-electron chi connectivity index (χ2n) is 8.40. The number of imide groups is 1. The van der Waals surface area contributed by atoms with Gasteiger partial charge in [-0.15, -0.1) is 0 Å². The van der Waals surface area contributed by atoms with Crippen LogP contribution in [0.4, 0.5) is 13.2 Å². The van der Waals surface area contributed by atoms with Crippen molar-refractivity contribution in [1.29, 1.82) is 0 Å². The fourth-order valence-corrected chi connectivity index (χ4v) is 6.39. The molecule has 7 nitrogen and oxygen atoms in total. The van der Waals surface area contributed by atoms with Gasteiger partial charge in [-0.2, -0.15) is 17.5 Å². The molecule has 1 aromatic carbocycles. The lowest BCUT2D eigenvalue weighted by Gasteiger charge is -2.35. The van der Waals surface area contributed by atoms with Crippen LogP contribution in [0.3, 0.4) is 0 Å². The normalized spacial score (nSPS) is 25.9. The van der Waals surface area contributed by atoms with Gasteiger partial charge in [0.15, 0.2) is 0 Å². The van der Waals surface area contributed by atoms with Gasteiger partial charge in [-0.1, -0.05) is 24.4 Å². The van der Waals surface area contributed by atoms with Crippen molar-refractivity contribution in [3.63, 3.8) is 0 Å². The average molecular weight is 494 g/mol. The summed E-state index contributed by atoms with van der Waals surface area (Å²) in [4.78, 5) is 27.9. The third-order valence-electron chi connectivity index (χ3n) is 6.49. The number of benzene rings is 1. The summed E-state index contributed by atoms with van der Waals surface area (Å²) in [5.74, 6) is -0.803. The number of rotatable bonds is 4. The lowest BCUT2D eigenvalue weighted by molar-refractivity contribution is -0.143. The topological polar surface area (TPSA) is 78.0 Å². The highest BCUT2D eigenvalue weighted by Crippen LogP contribution is 2.38. The molecule has 2 aliphatic heterocycles. The van der Waals surface area contributed by atoms with Gasteiger partial charge >= 0.3 is 6.18 Å². The molecule has 2 heterocycles. The van der Waals surface area contributed by atoms with Crippen LogP contribution in [0.15, 0.2) is 23.1 Å². The second-order valence-corrected chi connectivity index (χ2v) is 10.8. The summed E-state index contributed by atoms with van der Waals surface area (Å²) in [6.07, 6.45) is -1.46. The molecule has 0 unspecified atom stereocenters. The van der Waals surface area contributed by atoms with E-state index in [9.17, 15) is 31.2 Å². The number of amides is 2. The molecule has 0 N–H and O–H groups in total. The zero-order valence-corrected chi connectivity index (χ0v) is 18.7. The Balaban J connectivity index is 1.41. The number of hydrogen-bond acceptors (Lipinski definition) is 5. The molecule has 32 heavy (non-hydrogen) atoms. The van der Waals surface area contributed by atoms with Gasteiger partial charge in [-0.3, -0.25) is 19.4 Å². The fourth-order valence-electron chi connectivity index (χ4n) is 4.71. The lowest BCUT2D eigenvalue weighted by Crippen LogP contribution is -2.52. The Kier molecular flexibility index (Phi) is 6.30. The molecule has 0 aromatic heterocycles. The molecule has 1 saturated carbocycles. The Morgan fingerprint density at radius 2 is 1.53 bits per heavy atom. The quantitative estimate of drug-likeness (QED) is 0.603. The number of halogens is 4. The van der Waals surface area contributed by atoms with E-state index < -0.39 is 31.7 Å². The Labute approximate surface area is 189 Å². The van der Waals surface area contributed by atoms with Gasteiger partial charge in [0.25, 0.3) is 0 Å². The number of likely N-dealkylation sites (tertiary alicyclic amines) is 1. The van der Waals surface area contributed by atoms with E-state index in [1.165, 1.54) is 4.90 Å². The molecule has 4 rings (SSSR count). The van der Waals surface area contributed by atoms with Gasteiger partial charge in [0.2, 0.25) is 21.8 Å². The summed E-state index contributed by atoms with van der Waals surface area (Å²) in [6.45, 7) is 0.694. The van der Waals surface area contributed by atoms with Crippen LogP contribution in [0, 0.1) is 11.8 Å². The highest BCUT2D eigenvalue weighted by atomic mass is 35.5. The molecular weight excluding hydrogens is 471 g/mol. The van der Waals surface area contributed by atoms with E-state index in [-0.39, 0.29) is 56.5 Å². The van der Waals surface area contributed by atoms with Crippen LogP contribution in [0.2, 0.25) is 5.02 Å². The van der Waals surface area contributed by atoms with Gasteiger partial charge in [0.05, 0.1) is 34.0 Å². The number of piperazine rings is 1. The minimum atomic E-state index is -4.77. The molecule has 3 aliphatic rings. The van der Waals surface area contributed by atoms with Crippen molar-refractivity contribution in [2.24, 2.45) is 11.8 Å². The first kappa shape index (κ1) is 23.5. The van der Waals surface area contributed by atoms with Gasteiger partial charge in [-0.25, -0.2) is 8.42 Å². The highest BCUT2D eigenvalue weighted by Gasteiger charge is 2.48. The van der Waals surface area contributed by atoms with Crippen LogP contribution in [-0.4, -0.2) is 67.2 Å². The van der Waals surface area contributed by atoms with Crippen molar-refractivity contribution in [2.75, 3.05) is 32.8 Å². The molecule has 2 saturated heterocycles. The molecule has 1 aliphatic carbocycles. The van der Waals surface area contributed by atoms with Crippen LogP contribution in [-0.2, 0) is 25.8 Å². The second kappa shape index (κ2) is 8.58. The summed E-state index contributed by atoms with van der Waals surface area (Å²) >= 11 is 5.59. The standard InChI is InChI=1S/C20H23ClF3N3O4S/c21-17-6-5-13(11-16(17)20(22,23)24)32(30,31)26-9-7-25(8-10-26)12-27-18(28)14-3-1-2-4-15(14)19(27)29/h5-6,11,14-15H,1-4,7-10,12H2/t14-,15-/m1/s1. The predicted molar refractivity (Wildman–Crippen MR) is 109 cm³/mol. The third kappa shape index (κ3) is 4.27. The van der Waals surface area contributed by atoms with Crippen molar-refractivity contribution in [1.82, 2.24) is 14.1 Å². The zero-order valence-electron chi connectivity index (χ0n) is 17.1. The minimum absolute atomic E-state index is 0.0371. The number of fused-ring (bicyclic) bond motifs is 1. The largest absolute Gasteiger partial charge is 0.417 e. The Morgan fingerprint density at radius 3 is 2.06 bits per heavy atom. The molecule has 0 spiro atoms. The van der Waals surface area contributed by atoms with E-state index in [0.717, 1.165) is 42.1 Å². The maximum absolute atomic E-state index is 13.1. The van der Waals surface area contributed by atoms with Crippen molar-refractivity contribution in [2.45, 2.75) is 36.8 Å². The maximum atomic E-state index is 13.1. The first-order chi connectivity index (χ1) is 15.0. The Hall–Kier alpha value is -1.69. The molecule has 12 heteroatoms. The number of carbonyl (C=O) groups is 2. The zero-order chi connectivity index (χ0) is 23.3. The van der Waals surface area contributed by atoms with Crippen LogP contribution in [0.1, 0.15) is 31.2 Å². The molecule has 3 fully saturated rings. The van der Waals surface area contributed by atoms with Crippen molar-refractivity contribution < 1.29 is 31.2 Å². The van der Waals surface area contributed by atoms with E-state index in [1.807, 2.05) is 4.90 Å². The molecule has 2 amide bonds. The SMILES string of the molecule is O=C1[C@@H]2CCCC[C@H]2C(=O)N1CN1CCN(S(=O)(=O)c2ccc(Cl)c(C(F)(F)F)c2)CC1. The minimum Gasteiger partial charge on any atom is -0.283 e.